The Balaban J connectivity index is 1.53. The van der Waals surface area contributed by atoms with E-state index >= 15 is 0 Å². The van der Waals surface area contributed by atoms with Gasteiger partial charge in [0.2, 0.25) is 0 Å². The maximum Gasteiger partial charge on any atom is 0.277 e. The molecule has 3 aromatic rings. The zero-order valence-electron chi connectivity index (χ0n) is 15.3. The maximum absolute atomic E-state index is 11.9. The van der Waals surface area contributed by atoms with E-state index in [1.165, 1.54) is 6.21 Å². The summed E-state index contributed by atoms with van der Waals surface area (Å²) in [5.41, 5.74) is 5.11. The van der Waals surface area contributed by atoms with Gasteiger partial charge in [-0.05, 0) is 61.4 Å². The molecular weight excluding hydrogens is 399 g/mol. The van der Waals surface area contributed by atoms with Gasteiger partial charge in [-0.1, -0.05) is 35.3 Å². The van der Waals surface area contributed by atoms with E-state index in [1.54, 1.807) is 24.3 Å². The fraction of sp³-hybridized carbons (Fsp3) is 0.143. The minimum absolute atomic E-state index is 0.162. The lowest BCUT2D eigenvalue weighted by Gasteiger charge is -2.08. The molecule has 3 rings (SSSR count). The molecule has 1 N–H and O–H groups in total. The number of hydrogen-bond acceptors (Lipinski definition) is 4. The molecule has 0 radical (unpaired) electrons. The Morgan fingerprint density at radius 1 is 1.11 bits per heavy atom. The van der Waals surface area contributed by atoms with Crippen LogP contribution in [0.25, 0.3) is 11.3 Å². The third-order valence-electron chi connectivity index (χ3n) is 3.96. The standard InChI is InChI=1S/C21H18Cl2N2O3/c1-13-3-4-15(10-18(13)23)20-8-6-17(28-20)11-24-25-21(26)12-27-19-7-5-16(22)9-14(19)2/h3-11H,12H2,1-2H3,(H,25,26)/b24-11-. The van der Waals surface area contributed by atoms with Crippen molar-refractivity contribution in [3.05, 3.63) is 75.5 Å². The molecular formula is C21H18Cl2N2O3. The summed E-state index contributed by atoms with van der Waals surface area (Å²) < 4.78 is 11.2. The molecule has 0 atom stereocenters. The number of amides is 1. The number of aryl methyl sites for hydroxylation is 2. The fourth-order valence-electron chi connectivity index (χ4n) is 2.44. The second-order valence-electron chi connectivity index (χ2n) is 6.16. The number of carbonyl (C=O) groups is 1. The van der Waals surface area contributed by atoms with Crippen molar-refractivity contribution in [2.75, 3.05) is 6.61 Å². The van der Waals surface area contributed by atoms with Gasteiger partial charge in [0.25, 0.3) is 5.91 Å². The largest absolute Gasteiger partial charge is 0.483 e. The van der Waals surface area contributed by atoms with E-state index in [-0.39, 0.29) is 12.5 Å². The average Bonchev–Trinajstić information content (AvgIpc) is 3.12. The first-order valence-electron chi connectivity index (χ1n) is 8.49. The SMILES string of the molecule is Cc1ccc(-c2ccc(/C=N\NC(=O)COc3ccc(Cl)cc3C)o2)cc1Cl. The van der Waals surface area contributed by atoms with Crippen molar-refractivity contribution >= 4 is 35.3 Å². The van der Waals surface area contributed by atoms with Crippen molar-refractivity contribution in [1.29, 1.82) is 0 Å². The summed E-state index contributed by atoms with van der Waals surface area (Å²) in [7, 11) is 0. The highest BCUT2D eigenvalue weighted by molar-refractivity contribution is 6.31. The summed E-state index contributed by atoms with van der Waals surface area (Å²) in [6, 6.07) is 14.5. The number of hydrogen-bond donors (Lipinski definition) is 1. The number of rotatable bonds is 6. The van der Waals surface area contributed by atoms with Crippen LogP contribution in [-0.4, -0.2) is 18.7 Å². The third-order valence-corrected chi connectivity index (χ3v) is 4.60. The monoisotopic (exact) mass is 416 g/mol. The molecule has 0 saturated heterocycles. The summed E-state index contributed by atoms with van der Waals surface area (Å²) in [5.74, 6) is 1.37. The average molecular weight is 417 g/mol. The molecule has 0 saturated carbocycles. The molecule has 2 aromatic carbocycles. The molecule has 0 aliphatic heterocycles. The van der Waals surface area contributed by atoms with Crippen molar-refractivity contribution in [2.45, 2.75) is 13.8 Å². The number of nitrogens with one attached hydrogen (secondary N) is 1. The van der Waals surface area contributed by atoms with E-state index in [0.29, 0.717) is 27.3 Å². The smallest absolute Gasteiger partial charge is 0.277 e. The van der Waals surface area contributed by atoms with Crippen LogP contribution in [-0.2, 0) is 4.79 Å². The fourth-order valence-corrected chi connectivity index (χ4v) is 2.85. The van der Waals surface area contributed by atoms with Crippen LogP contribution in [0.5, 0.6) is 5.75 Å². The summed E-state index contributed by atoms with van der Waals surface area (Å²) >= 11 is 12.0. The molecule has 1 amide bonds. The lowest BCUT2D eigenvalue weighted by atomic mass is 10.1. The molecule has 7 heteroatoms. The van der Waals surface area contributed by atoms with Gasteiger partial charge in [0, 0.05) is 15.6 Å². The van der Waals surface area contributed by atoms with E-state index < -0.39 is 0 Å². The molecule has 0 aliphatic rings. The zero-order chi connectivity index (χ0) is 20.1. The molecule has 0 spiro atoms. The molecule has 28 heavy (non-hydrogen) atoms. The molecule has 0 fully saturated rings. The first-order chi connectivity index (χ1) is 13.4. The molecule has 0 aliphatic carbocycles. The van der Waals surface area contributed by atoms with Crippen LogP contribution < -0.4 is 10.2 Å². The quantitative estimate of drug-likeness (QED) is 0.432. The van der Waals surface area contributed by atoms with Gasteiger partial charge >= 0.3 is 0 Å². The predicted molar refractivity (Wildman–Crippen MR) is 111 cm³/mol. The zero-order valence-corrected chi connectivity index (χ0v) is 16.8. The molecule has 1 aromatic heterocycles. The van der Waals surface area contributed by atoms with Crippen LogP contribution >= 0.6 is 23.2 Å². The molecule has 0 bridgehead atoms. The van der Waals surface area contributed by atoms with Gasteiger partial charge in [0.1, 0.15) is 17.3 Å². The summed E-state index contributed by atoms with van der Waals surface area (Å²) in [6.07, 6.45) is 1.42. The Morgan fingerprint density at radius 2 is 1.93 bits per heavy atom. The van der Waals surface area contributed by atoms with Crippen LogP contribution in [0.15, 0.2) is 58.0 Å². The summed E-state index contributed by atoms with van der Waals surface area (Å²) in [4.78, 5) is 11.9. The van der Waals surface area contributed by atoms with E-state index in [9.17, 15) is 4.79 Å². The number of furan rings is 1. The molecule has 0 unspecified atom stereocenters. The first kappa shape index (κ1) is 20.0. The lowest BCUT2D eigenvalue weighted by Crippen LogP contribution is -2.24. The number of hydrazone groups is 1. The van der Waals surface area contributed by atoms with Crippen molar-refractivity contribution in [2.24, 2.45) is 5.10 Å². The highest BCUT2D eigenvalue weighted by Gasteiger charge is 2.07. The van der Waals surface area contributed by atoms with Crippen molar-refractivity contribution in [1.82, 2.24) is 5.43 Å². The number of halogens is 2. The van der Waals surface area contributed by atoms with Crippen molar-refractivity contribution in [3.8, 4) is 17.1 Å². The van der Waals surface area contributed by atoms with Crippen LogP contribution in [0.4, 0.5) is 0 Å². The van der Waals surface area contributed by atoms with E-state index in [0.717, 1.165) is 16.7 Å². The molecule has 144 valence electrons. The van der Waals surface area contributed by atoms with Gasteiger partial charge in [-0.3, -0.25) is 4.79 Å². The Bertz CT molecular complexity index is 1030. The Labute approximate surface area is 172 Å². The minimum Gasteiger partial charge on any atom is -0.483 e. The van der Waals surface area contributed by atoms with Gasteiger partial charge in [-0.2, -0.15) is 5.10 Å². The predicted octanol–water partition coefficient (Wildman–Crippen LogP) is 5.40. The van der Waals surface area contributed by atoms with E-state index in [2.05, 4.69) is 10.5 Å². The molecule has 1 heterocycles. The van der Waals surface area contributed by atoms with Crippen LogP contribution in [0.2, 0.25) is 10.0 Å². The van der Waals surface area contributed by atoms with Gasteiger partial charge in [-0.25, -0.2) is 5.43 Å². The summed E-state index contributed by atoms with van der Waals surface area (Å²) in [5, 5.41) is 5.17. The third kappa shape index (κ3) is 5.15. The Morgan fingerprint density at radius 3 is 2.68 bits per heavy atom. The van der Waals surface area contributed by atoms with Crippen LogP contribution in [0.3, 0.4) is 0 Å². The van der Waals surface area contributed by atoms with E-state index in [1.807, 2.05) is 38.1 Å². The Hall–Kier alpha value is -2.76. The van der Waals surface area contributed by atoms with Gasteiger partial charge in [-0.15, -0.1) is 0 Å². The van der Waals surface area contributed by atoms with Crippen LogP contribution in [0, 0.1) is 13.8 Å². The van der Waals surface area contributed by atoms with Crippen LogP contribution in [0.1, 0.15) is 16.9 Å². The molecule has 5 nitrogen and oxygen atoms in total. The number of carbonyl (C=O) groups excluding carboxylic acids is 1. The number of ether oxygens (including phenoxy) is 1. The first-order valence-corrected chi connectivity index (χ1v) is 9.25. The number of benzene rings is 2. The second kappa shape index (κ2) is 8.95. The number of nitrogens with zero attached hydrogens (tertiary/aromatic N) is 1. The highest BCUT2D eigenvalue weighted by Crippen LogP contribution is 2.26. The van der Waals surface area contributed by atoms with Gasteiger partial charge in [0.05, 0.1) is 6.21 Å². The normalized spacial score (nSPS) is 11.0. The van der Waals surface area contributed by atoms with Crippen molar-refractivity contribution in [3.63, 3.8) is 0 Å². The topological polar surface area (TPSA) is 63.8 Å². The lowest BCUT2D eigenvalue weighted by molar-refractivity contribution is -0.123. The minimum atomic E-state index is -0.386. The summed E-state index contributed by atoms with van der Waals surface area (Å²) in [6.45, 7) is 3.63. The highest BCUT2D eigenvalue weighted by atomic mass is 35.5. The van der Waals surface area contributed by atoms with E-state index in [4.69, 9.17) is 32.4 Å². The second-order valence-corrected chi connectivity index (χ2v) is 7.00. The van der Waals surface area contributed by atoms with Gasteiger partial charge in [0.15, 0.2) is 6.61 Å². The van der Waals surface area contributed by atoms with Gasteiger partial charge < -0.3 is 9.15 Å². The van der Waals surface area contributed by atoms with Crippen molar-refractivity contribution < 1.29 is 13.9 Å². The Kier molecular flexibility index (Phi) is 6.39. The maximum atomic E-state index is 11.9.